The third-order valence-electron chi connectivity index (χ3n) is 3.06. The molecule has 0 atom stereocenters. The summed E-state index contributed by atoms with van der Waals surface area (Å²) in [7, 11) is 0. The van der Waals surface area contributed by atoms with Gasteiger partial charge >= 0.3 is 5.97 Å². The number of ether oxygens (including phenoxy) is 1. The van der Waals surface area contributed by atoms with Gasteiger partial charge in [-0.2, -0.15) is 0 Å². The normalized spacial score (nSPS) is 10.1. The van der Waals surface area contributed by atoms with Crippen LogP contribution in [0.15, 0.2) is 48.5 Å². The lowest BCUT2D eigenvalue weighted by atomic mass is 10.1. The van der Waals surface area contributed by atoms with Gasteiger partial charge in [0.1, 0.15) is 6.61 Å². The lowest BCUT2D eigenvalue weighted by Gasteiger charge is -2.06. The van der Waals surface area contributed by atoms with Crippen molar-refractivity contribution in [2.24, 2.45) is 0 Å². The maximum absolute atomic E-state index is 11.8. The largest absolute Gasteiger partial charge is 0.461 e. The molecular weight excluding hydrogens is 270 g/mol. The smallest absolute Gasteiger partial charge is 0.310 e. The fraction of sp³-hybridized carbons (Fsp3) is 0.188. The second-order valence-corrected chi connectivity index (χ2v) is 4.70. The number of nitro groups is 1. The number of aryl methyl sites for hydroxylation is 1. The molecule has 5 heteroatoms. The van der Waals surface area contributed by atoms with E-state index in [2.05, 4.69) is 0 Å². The zero-order chi connectivity index (χ0) is 15.2. The molecule has 108 valence electrons. The SMILES string of the molecule is Cc1ccc(CC(=O)OCc2ccccc2)cc1[N+](=O)[O-]. The van der Waals surface area contributed by atoms with Gasteiger partial charge in [-0.05, 0) is 18.1 Å². The fourth-order valence-corrected chi connectivity index (χ4v) is 1.92. The number of rotatable bonds is 5. The van der Waals surface area contributed by atoms with Gasteiger partial charge in [-0.25, -0.2) is 0 Å². The molecule has 0 spiro atoms. The van der Waals surface area contributed by atoms with E-state index in [1.54, 1.807) is 19.1 Å². The molecule has 0 bridgehead atoms. The fourth-order valence-electron chi connectivity index (χ4n) is 1.92. The molecule has 0 heterocycles. The van der Waals surface area contributed by atoms with E-state index in [1.165, 1.54) is 6.07 Å². The standard InChI is InChI=1S/C16H15NO4/c1-12-7-8-14(9-15(12)17(19)20)10-16(18)21-11-13-5-3-2-4-6-13/h2-9H,10-11H2,1H3. The first-order chi connectivity index (χ1) is 10.1. The van der Waals surface area contributed by atoms with Crippen LogP contribution in [-0.4, -0.2) is 10.9 Å². The first kappa shape index (κ1) is 14.7. The van der Waals surface area contributed by atoms with E-state index in [9.17, 15) is 14.9 Å². The summed E-state index contributed by atoms with van der Waals surface area (Å²) in [5, 5.41) is 10.9. The minimum atomic E-state index is -0.450. The Labute approximate surface area is 122 Å². The average molecular weight is 285 g/mol. The summed E-state index contributed by atoms with van der Waals surface area (Å²) in [6.45, 7) is 1.86. The van der Waals surface area contributed by atoms with Crippen LogP contribution in [0.25, 0.3) is 0 Å². The van der Waals surface area contributed by atoms with Gasteiger partial charge in [-0.15, -0.1) is 0 Å². The summed E-state index contributed by atoms with van der Waals surface area (Å²) < 4.78 is 5.15. The molecule has 0 radical (unpaired) electrons. The van der Waals surface area contributed by atoms with Gasteiger partial charge in [-0.3, -0.25) is 14.9 Å². The van der Waals surface area contributed by atoms with Crippen LogP contribution < -0.4 is 0 Å². The van der Waals surface area contributed by atoms with Crippen LogP contribution in [0.5, 0.6) is 0 Å². The molecule has 0 aliphatic heterocycles. The molecule has 0 amide bonds. The predicted octanol–water partition coefficient (Wildman–Crippen LogP) is 3.19. The number of esters is 1. The second-order valence-electron chi connectivity index (χ2n) is 4.70. The molecule has 0 unspecified atom stereocenters. The lowest BCUT2D eigenvalue weighted by molar-refractivity contribution is -0.385. The van der Waals surface area contributed by atoms with Crippen molar-refractivity contribution in [3.63, 3.8) is 0 Å². The Morgan fingerprint density at radius 1 is 1.14 bits per heavy atom. The second kappa shape index (κ2) is 6.65. The zero-order valence-corrected chi connectivity index (χ0v) is 11.6. The number of nitrogens with zero attached hydrogens (tertiary/aromatic N) is 1. The Morgan fingerprint density at radius 3 is 2.52 bits per heavy atom. The molecule has 0 saturated heterocycles. The van der Waals surface area contributed by atoms with E-state index in [0.29, 0.717) is 11.1 Å². The monoisotopic (exact) mass is 285 g/mol. The van der Waals surface area contributed by atoms with Crippen LogP contribution in [0, 0.1) is 17.0 Å². The van der Waals surface area contributed by atoms with Crippen molar-refractivity contribution in [3.05, 3.63) is 75.3 Å². The van der Waals surface area contributed by atoms with Gasteiger partial charge < -0.3 is 4.74 Å². The molecule has 0 N–H and O–H groups in total. The maximum Gasteiger partial charge on any atom is 0.310 e. The van der Waals surface area contributed by atoms with E-state index in [1.807, 2.05) is 30.3 Å². The number of hydrogen-bond acceptors (Lipinski definition) is 4. The Bertz CT molecular complexity index is 653. The molecule has 2 aromatic rings. The van der Waals surface area contributed by atoms with E-state index < -0.39 is 10.9 Å². The van der Waals surface area contributed by atoms with Crippen LogP contribution in [0.2, 0.25) is 0 Å². The van der Waals surface area contributed by atoms with Crippen LogP contribution in [0.1, 0.15) is 16.7 Å². The van der Waals surface area contributed by atoms with E-state index in [0.717, 1.165) is 5.56 Å². The summed E-state index contributed by atoms with van der Waals surface area (Å²) in [6.07, 6.45) is 0.0218. The van der Waals surface area contributed by atoms with Crippen LogP contribution >= 0.6 is 0 Å². The molecule has 0 saturated carbocycles. The van der Waals surface area contributed by atoms with Gasteiger partial charge in [0.25, 0.3) is 5.69 Å². The highest BCUT2D eigenvalue weighted by Gasteiger charge is 2.13. The number of nitro benzene ring substituents is 1. The number of benzene rings is 2. The Balaban J connectivity index is 1.97. The molecule has 0 fully saturated rings. The molecule has 5 nitrogen and oxygen atoms in total. The van der Waals surface area contributed by atoms with E-state index >= 15 is 0 Å². The predicted molar refractivity (Wildman–Crippen MR) is 77.8 cm³/mol. The molecule has 2 rings (SSSR count). The first-order valence-corrected chi connectivity index (χ1v) is 6.50. The summed E-state index contributed by atoms with van der Waals surface area (Å²) >= 11 is 0. The molecule has 21 heavy (non-hydrogen) atoms. The van der Waals surface area contributed by atoms with Crippen LogP contribution in [0.4, 0.5) is 5.69 Å². The van der Waals surface area contributed by atoms with Crippen LogP contribution in [0.3, 0.4) is 0 Å². The number of carbonyl (C=O) groups excluding carboxylic acids is 1. The maximum atomic E-state index is 11.8. The third-order valence-corrected chi connectivity index (χ3v) is 3.06. The summed E-state index contributed by atoms with van der Waals surface area (Å²) in [5.74, 6) is -0.406. The van der Waals surface area contributed by atoms with Crippen molar-refractivity contribution < 1.29 is 14.5 Å². The minimum Gasteiger partial charge on any atom is -0.461 e. The third kappa shape index (κ3) is 4.14. The highest BCUT2D eigenvalue weighted by Crippen LogP contribution is 2.19. The summed E-state index contributed by atoms with van der Waals surface area (Å²) in [5.41, 5.74) is 2.07. The summed E-state index contributed by atoms with van der Waals surface area (Å²) in [4.78, 5) is 22.2. The first-order valence-electron chi connectivity index (χ1n) is 6.50. The summed E-state index contributed by atoms with van der Waals surface area (Å²) in [6, 6.07) is 14.1. The molecule has 0 aliphatic carbocycles. The topological polar surface area (TPSA) is 69.4 Å². The number of carbonyl (C=O) groups is 1. The highest BCUT2D eigenvalue weighted by atomic mass is 16.6. The van der Waals surface area contributed by atoms with Crippen molar-refractivity contribution in [1.29, 1.82) is 0 Å². The molecule has 0 aliphatic rings. The Kier molecular flexibility index (Phi) is 4.66. The van der Waals surface area contributed by atoms with Crippen LogP contribution in [-0.2, 0) is 22.6 Å². The van der Waals surface area contributed by atoms with Crippen molar-refractivity contribution in [3.8, 4) is 0 Å². The lowest BCUT2D eigenvalue weighted by Crippen LogP contribution is -2.08. The van der Waals surface area contributed by atoms with E-state index in [-0.39, 0.29) is 18.7 Å². The van der Waals surface area contributed by atoms with Gasteiger partial charge in [0, 0.05) is 11.6 Å². The number of hydrogen-bond donors (Lipinski definition) is 0. The molecule has 2 aromatic carbocycles. The Hall–Kier alpha value is -2.69. The van der Waals surface area contributed by atoms with Crippen molar-refractivity contribution in [2.45, 2.75) is 20.0 Å². The van der Waals surface area contributed by atoms with Gasteiger partial charge in [-0.1, -0.05) is 42.5 Å². The zero-order valence-electron chi connectivity index (χ0n) is 11.6. The highest BCUT2D eigenvalue weighted by molar-refractivity contribution is 5.73. The van der Waals surface area contributed by atoms with Crippen molar-refractivity contribution in [2.75, 3.05) is 0 Å². The average Bonchev–Trinajstić information content (AvgIpc) is 2.48. The quantitative estimate of drug-likeness (QED) is 0.480. The molecule has 0 aromatic heterocycles. The minimum absolute atomic E-state index is 0.0170. The molecular formula is C16H15NO4. The van der Waals surface area contributed by atoms with Gasteiger partial charge in [0.15, 0.2) is 0 Å². The van der Waals surface area contributed by atoms with Crippen molar-refractivity contribution in [1.82, 2.24) is 0 Å². The van der Waals surface area contributed by atoms with Gasteiger partial charge in [0.05, 0.1) is 11.3 Å². The van der Waals surface area contributed by atoms with E-state index in [4.69, 9.17) is 4.74 Å². The van der Waals surface area contributed by atoms with Crippen molar-refractivity contribution >= 4 is 11.7 Å². The Morgan fingerprint density at radius 2 is 1.86 bits per heavy atom. The van der Waals surface area contributed by atoms with Gasteiger partial charge in [0.2, 0.25) is 0 Å².